The van der Waals surface area contributed by atoms with Gasteiger partial charge >= 0.3 is 0 Å². The Kier molecular flexibility index (Phi) is 8.70. The Morgan fingerprint density at radius 2 is 2.04 bits per heavy atom. The zero-order valence-electron chi connectivity index (χ0n) is 15.4. The van der Waals surface area contributed by atoms with Crippen LogP contribution in [0.5, 0.6) is 0 Å². The van der Waals surface area contributed by atoms with Gasteiger partial charge in [0, 0.05) is 49.5 Å². The third kappa shape index (κ3) is 6.19. The summed E-state index contributed by atoms with van der Waals surface area (Å²) in [6.45, 7) is 2.21. The first-order valence-electron chi connectivity index (χ1n) is 9.05. The highest BCUT2D eigenvalue weighted by molar-refractivity contribution is 6.31. The highest BCUT2D eigenvalue weighted by Crippen LogP contribution is 2.18. The van der Waals surface area contributed by atoms with Crippen molar-refractivity contribution in [3.63, 3.8) is 0 Å². The Morgan fingerprint density at radius 1 is 1.25 bits per heavy atom. The lowest BCUT2D eigenvalue weighted by Gasteiger charge is -2.33. The summed E-state index contributed by atoms with van der Waals surface area (Å²) < 4.78 is 0. The normalized spacial score (nSPS) is 16.4. The molecule has 2 aromatic rings. The minimum absolute atomic E-state index is 0. The van der Waals surface area contributed by atoms with E-state index in [1.165, 1.54) is 0 Å². The zero-order chi connectivity index (χ0) is 19.1. The van der Waals surface area contributed by atoms with Gasteiger partial charge in [0.05, 0.1) is 12.5 Å². The lowest BCUT2D eigenvalue weighted by molar-refractivity contribution is -0.138. The monoisotopic (exact) mass is 422 g/mol. The van der Waals surface area contributed by atoms with Gasteiger partial charge in [-0.1, -0.05) is 35.9 Å². The molecule has 1 atom stereocenters. The van der Waals surface area contributed by atoms with Crippen molar-refractivity contribution in [1.29, 1.82) is 0 Å². The number of pyridine rings is 1. The first-order valence-corrected chi connectivity index (χ1v) is 9.43. The summed E-state index contributed by atoms with van der Waals surface area (Å²) in [4.78, 5) is 30.9. The van der Waals surface area contributed by atoms with E-state index in [0.29, 0.717) is 37.6 Å². The van der Waals surface area contributed by atoms with E-state index in [9.17, 15) is 9.59 Å². The maximum Gasteiger partial charge on any atom is 0.240 e. The maximum atomic E-state index is 12.7. The molecular weight excluding hydrogens is 399 g/mol. The molecule has 1 aromatic heterocycles. The summed E-state index contributed by atoms with van der Waals surface area (Å²) in [5, 5.41) is 6.65. The topological polar surface area (TPSA) is 74.3 Å². The van der Waals surface area contributed by atoms with Crippen LogP contribution >= 0.6 is 24.0 Å². The van der Waals surface area contributed by atoms with Crippen LogP contribution in [0.2, 0.25) is 5.02 Å². The van der Waals surface area contributed by atoms with E-state index in [2.05, 4.69) is 15.6 Å². The zero-order valence-corrected chi connectivity index (χ0v) is 17.0. The van der Waals surface area contributed by atoms with E-state index in [0.717, 1.165) is 11.3 Å². The van der Waals surface area contributed by atoms with Gasteiger partial charge in [0.1, 0.15) is 0 Å². The molecular formula is C20H24Cl2N4O2. The van der Waals surface area contributed by atoms with Crippen molar-refractivity contribution in [2.75, 3.05) is 19.6 Å². The van der Waals surface area contributed by atoms with E-state index in [1.54, 1.807) is 11.1 Å². The second kappa shape index (κ2) is 11.0. The van der Waals surface area contributed by atoms with Gasteiger partial charge in [-0.05, 0) is 23.8 Å². The van der Waals surface area contributed by atoms with E-state index in [-0.39, 0.29) is 30.6 Å². The highest BCUT2D eigenvalue weighted by Gasteiger charge is 2.30. The van der Waals surface area contributed by atoms with Crippen molar-refractivity contribution in [3.8, 4) is 0 Å². The van der Waals surface area contributed by atoms with Crippen molar-refractivity contribution in [1.82, 2.24) is 20.5 Å². The number of piperazine rings is 1. The molecule has 2 amide bonds. The summed E-state index contributed by atoms with van der Waals surface area (Å²) >= 11 is 6.20. The van der Waals surface area contributed by atoms with Crippen LogP contribution in [0.25, 0.3) is 0 Å². The molecule has 1 aromatic carbocycles. The fourth-order valence-corrected chi connectivity index (χ4v) is 3.27. The van der Waals surface area contributed by atoms with Gasteiger partial charge < -0.3 is 15.5 Å². The van der Waals surface area contributed by atoms with E-state index in [4.69, 9.17) is 11.6 Å². The Labute approximate surface area is 176 Å². The molecule has 2 N–H and O–H groups in total. The van der Waals surface area contributed by atoms with Crippen molar-refractivity contribution in [3.05, 3.63) is 64.9 Å². The van der Waals surface area contributed by atoms with Crippen LogP contribution in [0.1, 0.15) is 17.7 Å². The fourth-order valence-electron chi connectivity index (χ4n) is 3.07. The Hall–Kier alpha value is -2.15. The van der Waals surface area contributed by atoms with Crippen molar-refractivity contribution >= 4 is 35.8 Å². The third-order valence-electron chi connectivity index (χ3n) is 4.52. The van der Waals surface area contributed by atoms with Gasteiger partial charge in [-0.15, -0.1) is 12.4 Å². The van der Waals surface area contributed by atoms with Gasteiger partial charge in [0.15, 0.2) is 0 Å². The number of nitrogens with one attached hydrogen (secondary N) is 2. The first-order chi connectivity index (χ1) is 13.1. The molecule has 1 fully saturated rings. The van der Waals surface area contributed by atoms with Gasteiger partial charge in [-0.3, -0.25) is 14.6 Å². The molecule has 0 radical (unpaired) electrons. The molecule has 1 unspecified atom stereocenters. The molecule has 0 aliphatic carbocycles. The Bertz CT molecular complexity index is 789. The quantitative estimate of drug-likeness (QED) is 0.716. The maximum absolute atomic E-state index is 12.7. The van der Waals surface area contributed by atoms with Crippen LogP contribution < -0.4 is 10.6 Å². The van der Waals surface area contributed by atoms with E-state index < -0.39 is 6.04 Å². The summed E-state index contributed by atoms with van der Waals surface area (Å²) in [7, 11) is 0. The Balaban J connectivity index is 0.00000280. The van der Waals surface area contributed by atoms with Crippen molar-refractivity contribution in [2.45, 2.75) is 25.4 Å². The van der Waals surface area contributed by atoms with Crippen LogP contribution in [0.4, 0.5) is 0 Å². The predicted octanol–water partition coefficient (Wildman–Crippen LogP) is 2.21. The average molecular weight is 423 g/mol. The molecule has 3 rings (SSSR count). The molecule has 1 aliphatic rings. The van der Waals surface area contributed by atoms with Crippen LogP contribution in [0.3, 0.4) is 0 Å². The number of halogens is 2. The third-order valence-corrected chi connectivity index (χ3v) is 4.89. The SMILES string of the molecule is Cl.O=C(CC1NCCN(Cc2ccccc2Cl)C1=O)NCCc1ccccn1. The number of benzene rings is 1. The molecule has 0 saturated carbocycles. The molecule has 150 valence electrons. The standard InChI is InChI=1S/C20H23ClN4O2.ClH/c21-17-7-2-1-5-15(17)14-25-12-11-23-18(20(25)27)13-19(26)24-10-8-16-6-3-4-9-22-16;/h1-7,9,18,23H,8,10-14H2,(H,24,26);1H. The van der Waals surface area contributed by atoms with Crippen LogP contribution in [-0.4, -0.2) is 47.4 Å². The van der Waals surface area contributed by atoms with E-state index >= 15 is 0 Å². The van der Waals surface area contributed by atoms with E-state index in [1.807, 2.05) is 42.5 Å². The lowest BCUT2D eigenvalue weighted by Crippen LogP contribution is -2.55. The number of hydrogen-bond acceptors (Lipinski definition) is 4. The molecule has 28 heavy (non-hydrogen) atoms. The molecule has 1 saturated heterocycles. The summed E-state index contributed by atoms with van der Waals surface area (Å²) in [5.74, 6) is -0.211. The number of aromatic nitrogens is 1. The first kappa shape index (κ1) is 22.1. The molecule has 6 nitrogen and oxygen atoms in total. The summed E-state index contributed by atoms with van der Waals surface area (Å²) in [6, 6.07) is 12.7. The minimum atomic E-state index is -0.504. The molecule has 1 aliphatic heterocycles. The number of rotatable bonds is 7. The lowest BCUT2D eigenvalue weighted by atomic mass is 10.1. The summed E-state index contributed by atoms with van der Waals surface area (Å²) in [6.07, 6.45) is 2.52. The van der Waals surface area contributed by atoms with Crippen molar-refractivity contribution in [2.24, 2.45) is 0 Å². The number of carbonyl (C=O) groups is 2. The minimum Gasteiger partial charge on any atom is -0.356 e. The molecule has 2 heterocycles. The van der Waals surface area contributed by atoms with Crippen LogP contribution in [-0.2, 0) is 22.6 Å². The number of nitrogens with zero attached hydrogens (tertiary/aromatic N) is 2. The molecule has 0 bridgehead atoms. The average Bonchev–Trinajstić information content (AvgIpc) is 2.67. The van der Waals surface area contributed by atoms with Gasteiger partial charge in [-0.2, -0.15) is 0 Å². The number of hydrogen-bond donors (Lipinski definition) is 2. The van der Waals surface area contributed by atoms with Gasteiger partial charge in [0.25, 0.3) is 0 Å². The van der Waals surface area contributed by atoms with Gasteiger partial charge in [0.2, 0.25) is 11.8 Å². The molecule has 0 spiro atoms. The second-order valence-electron chi connectivity index (χ2n) is 6.48. The van der Waals surface area contributed by atoms with Crippen LogP contribution in [0, 0.1) is 0 Å². The number of amides is 2. The van der Waals surface area contributed by atoms with Crippen molar-refractivity contribution < 1.29 is 9.59 Å². The second-order valence-corrected chi connectivity index (χ2v) is 6.89. The van der Waals surface area contributed by atoms with Gasteiger partial charge in [-0.25, -0.2) is 0 Å². The molecule has 8 heteroatoms. The van der Waals surface area contributed by atoms with Crippen LogP contribution in [0.15, 0.2) is 48.7 Å². The highest BCUT2D eigenvalue weighted by atomic mass is 35.5. The fraction of sp³-hybridized carbons (Fsp3) is 0.350. The number of carbonyl (C=O) groups excluding carboxylic acids is 2. The Morgan fingerprint density at radius 3 is 2.79 bits per heavy atom. The predicted molar refractivity (Wildman–Crippen MR) is 111 cm³/mol. The summed E-state index contributed by atoms with van der Waals surface area (Å²) in [5.41, 5.74) is 1.84. The largest absolute Gasteiger partial charge is 0.356 e. The smallest absolute Gasteiger partial charge is 0.240 e.